The van der Waals surface area contributed by atoms with E-state index in [2.05, 4.69) is 5.32 Å². The highest BCUT2D eigenvalue weighted by Gasteiger charge is 2.25. The topological polar surface area (TPSA) is 49.3 Å². The SMILES string of the molecule is CC(C)(CO)NC(=O)C1CC=CC1. The third-order valence-corrected chi connectivity index (χ3v) is 2.24. The molecule has 0 bridgehead atoms. The van der Waals surface area contributed by atoms with E-state index in [9.17, 15) is 4.79 Å². The van der Waals surface area contributed by atoms with Crippen molar-refractivity contribution in [3.05, 3.63) is 12.2 Å². The molecule has 1 aliphatic rings. The summed E-state index contributed by atoms with van der Waals surface area (Å²) in [5.74, 6) is 0.120. The maximum absolute atomic E-state index is 11.6. The van der Waals surface area contributed by atoms with Crippen molar-refractivity contribution in [3.63, 3.8) is 0 Å². The van der Waals surface area contributed by atoms with Crippen LogP contribution in [0.1, 0.15) is 26.7 Å². The molecule has 1 rings (SSSR count). The van der Waals surface area contributed by atoms with E-state index in [0.717, 1.165) is 12.8 Å². The van der Waals surface area contributed by atoms with Gasteiger partial charge in [0.25, 0.3) is 0 Å². The van der Waals surface area contributed by atoms with Crippen molar-refractivity contribution in [2.24, 2.45) is 5.92 Å². The van der Waals surface area contributed by atoms with Crippen LogP contribution >= 0.6 is 0 Å². The van der Waals surface area contributed by atoms with E-state index in [1.54, 1.807) is 0 Å². The van der Waals surface area contributed by atoms with E-state index in [4.69, 9.17) is 5.11 Å². The van der Waals surface area contributed by atoms with Gasteiger partial charge in [0.2, 0.25) is 5.91 Å². The molecule has 0 aromatic heterocycles. The summed E-state index contributed by atoms with van der Waals surface area (Å²) in [6, 6.07) is 0. The van der Waals surface area contributed by atoms with Crippen LogP contribution in [0.15, 0.2) is 12.2 Å². The van der Waals surface area contributed by atoms with Gasteiger partial charge in [-0.15, -0.1) is 0 Å². The van der Waals surface area contributed by atoms with Gasteiger partial charge in [0.05, 0.1) is 12.1 Å². The number of hydrogen-bond acceptors (Lipinski definition) is 2. The minimum atomic E-state index is -0.500. The molecule has 0 atom stereocenters. The zero-order chi connectivity index (χ0) is 9.90. The average Bonchev–Trinajstić information content (AvgIpc) is 2.55. The molecule has 0 saturated heterocycles. The number of aliphatic hydroxyl groups is 1. The lowest BCUT2D eigenvalue weighted by molar-refractivity contribution is -0.126. The zero-order valence-corrected chi connectivity index (χ0v) is 8.21. The second-order valence-corrected chi connectivity index (χ2v) is 4.17. The quantitative estimate of drug-likeness (QED) is 0.637. The molecule has 1 amide bonds. The maximum atomic E-state index is 11.6. The second-order valence-electron chi connectivity index (χ2n) is 4.17. The van der Waals surface area contributed by atoms with Gasteiger partial charge in [-0.1, -0.05) is 12.2 Å². The number of allylic oxidation sites excluding steroid dienone is 2. The summed E-state index contributed by atoms with van der Waals surface area (Å²) >= 11 is 0. The van der Waals surface area contributed by atoms with Gasteiger partial charge >= 0.3 is 0 Å². The largest absolute Gasteiger partial charge is 0.394 e. The number of carbonyl (C=O) groups excluding carboxylic acids is 1. The molecule has 74 valence electrons. The fourth-order valence-electron chi connectivity index (χ4n) is 1.31. The Morgan fingerprint density at radius 3 is 2.54 bits per heavy atom. The Morgan fingerprint density at radius 2 is 2.08 bits per heavy atom. The summed E-state index contributed by atoms with van der Waals surface area (Å²) in [6.45, 7) is 3.60. The van der Waals surface area contributed by atoms with Gasteiger partial charge in [0.15, 0.2) is 0 Å². The maximum Gasteiger partial charge on any atom is 0.224 e. The first-order valence-electron chi connectivity index (χ1n) is 4.63. The van der Waals surface area contributed by atoms with Gasteiger partial charge in [-0.3, -0.25) is 4.79 Å². The lowest BCUT2D eigenvalue weighted by Crippen LogP contribution is -2.48. The predicted molar refractivity (Wildman–Crippen MR) is 51.2 cm³/mol. The lowest BCUT2D eigenvalue weighted by atomic mass is 10.0. The molecule has 0 radical (unpaired) electrons. The van der Waals surface area contributed by atoms with Crippen molar-refractivity contribution < 1.29 is 9.90 Å². The molecular formula is C10H17NO2. The summed E-state index contributed by atoms with van der Waals surface area (Å²) in [6.07, 6.45) is 5.70. The van der Waals surface area contributed by atoms with Crippen molar-refractivity contribution in [1.29, 1.82) is 0 Å². The zero-order valence-electron chi connectivity index (χ0n) is 8.21. The fourth-order valence-corrected chi connectivity index (χ4v) is 1.31. The van der Waals surface area contributed by atoms with Crippen molar-refractivity contribution in [3.8, 4) is 0 Å². The first-order chi connectivity index (χ1) is 6.05. The van der Waals surface area contributed by atoms with Crippen LogP contribution in [0.5, 0.6) is 0 Å². The van der Waals surface area contributed by atoms with Crippen molar-refractivity contribution in [2.75, 3.05) is 6.61 Å². The number of hydrogen-bond donors (Lipinski definition) is 2. The molecule has 0 fully saturated rings. The Kier molecular flexibility index (Phi) is 3.09. The summed E-state index contributed by atoms with van der Waals surface area (Å²) in [7, 11) is 0. The van der Waals surface area contributed by atoms with Crippen molar-refractivity contribution >= 4 is 5.91 Å². The highest BCUT2D eigenvalue weighted by molar-refractivity contribution is 5.80. The van der Waals surface area contributed by atoms with Crippen LogP contribution in [-0.2, 0) is 4.79 Å². The molecule has 0 spiro atoms. The van der Waals surface area contributed by atoms with Gasteiger partial charge in [-0.2, -0.15) is 0 Å². The van der Waals surface area contributed by atoms with Gasteiger partial charge in [-0.05, 0) is 26.7 Å². The van der Waals surface area contributed by atoms with Crippen LogP contribution in [0.4, 0.5) is 0 Å². The van der Waals surface area contributed by atoms with E-state index >= 15 is 0 Å². The third kappa shape index (κ3) is 2.84. The minimum absolute atomic E-state index is 0.0289. The molecule has 0 heterocycles. The molecule has 0 aromatic carbocycles. The molecule has 13 heavy (non-hydrogen) atoms. The van der Waals surface area contributed by atoms with E-state index < -0.39 is 5.54 Å². The Morgan fingerprint density at radius 1 is 1.54 bits per heavy atom. The minimum Gasteiger partial charge on any atom is -0.394 e. The fraction of sp³-hybridized carbons (Fsp3) is 0.700. The Hall–Kier alpha value is -0.830. The monoisotopic (exact) mass is 183 g/mol. The average molecular weight is 183 g/mol. The molecule has 0 saturated carbocycles. The normalized spacial score (nSPS) is 17.8. The van der Waals surface area contributed by atoms with Crippen LogP contribution in [-0.4, -0.2) is 23.2 Å². The van der Waals surface area contributed by atoms with E-state index in [-0.39, 0.29) is 18.4 Å². The predicted octanol–water partition coefficient (Wildman–Crippen LogP) is 0.840. The second kappa shape index (κ2) is 3.92. The van der Waals surface area contributed by atoms with Gasteiger partial charge in [0.1, 0.15) is 0 Å². The lowest BCUT2D eigenvalue weighted by Gasteiger charge is -2.25. The molecule has 1 aliphatic carbocycles. The Bertz CT molecular complexity index is 213. The van der Waals surface area contributed by atoms with Gasteiger partial charge in [0, 0.05) is 5.92 Å². The molecule has 3 heteroatoms. The molecule has 0 unspecified atom stereocenters. The number of amides is 1. The molecular weight excluding hydrogens is 166 g/mol. The summed E-state index contributed by atoms with van der Waals surface area (Å²) in [5.41, 5.74) is -0.500. The first-order valence-corrected chi connectivity index (χ1v) is 4.63. The van der Waals surface area contributed by atoms with E-state index in [0.29, 0.717) is 0 Å². The van der Waals surface area contributed by atoms with Crippen LogP contribution in [0.3, 0.4) is 0 Å². The van der Waals surface area contributed by atoms with Gasteiger partial charge in [-0.25, -0.2) is 0 Å². The van der Waals surface area contributed by atoms with Crippen molar-refractivity contribution in [2.45, 2.75) is 32.2 Å². The number of aliphatic hydroxyl groups excluding tert-OH is 1. The van der Waals surface area contributed by atoms with Crippen LogP contribution < -0.4 is 5.32 Å². The molecule has 3 nitrogen and oxygen atoms in total. The number of rotatable bonds is 3. The Labute approximate surface area is 78.8 Å². The summed E-state index contributed by atoms with van der Waals surface area (Å²) < 4.78 is 0. The standard InChI is InChI=1S/C10H17NO2/c1-10(2,7-12)11-9(13)8-5-3-4-6-8/h3-4,8,12H,5-7H2,1-2H3,(H,11,13). The smallest absolute Gasteiger partial charge is 0.224 e. The summed E-state index contributed by atoms with van der Waals surface area (Å²) in [5, 5.41) is 11.8. The third-order valence-electron chi connectivity index (χ3n) is 2.24. The van der Waals surface area contributed by atoms with Crippen LogP contribution in [0.2, 0.25) is 0 Å². The van der Waals surface area contributed by atoms with Crippen LogP contribution in [0, 0.1) is 5.92 Å². The first kappa shape index (κ1) is 10.3. The van der Waals surface area contributed by atoms with Gasteiger partial charge < -0.3 is 10.4 Å². The van der Waals surface area contributed by atoms with E-state index in [1.165, 1.54) is 0 Å². The molecule has 2 N–H and O–H groups in total. The highest BCUT2D eigenvalue weighted by Crippen LogP contribution is 2.18. The number of nitrogens with one attached hydrogen (secondary N) is 1. The molecule has 0 aromatic rings. The highest BCUT2D eigenvalue weighted by atomic mass is 16.3. The van der Waals surface area contributed by atoms with Crippen LogP contribution in [0.25, 0.3) is 0 Å². The number of carbonyl (C=O) groups is 1. The molecule has 0 aliphatic heterocycles. The summed E-state index contributed by atoms with van der Waals surface area (Å²) in [4.78, 5) is 11.6. The van der Waals surface area contributed by atoms with E-state index in [1.807, 2.05) is 26.0 Å². The van der Waals surface area contributed by atoms with Crippen molar-refractivity contribution in [1.82, 2.24) is 5.32 Å². The Balaban J connectivity index is 2.41.